The van der Waals surface area contributed by atoms with Crippen molar-refractivity contribution in [3.63, 3.8) is 0 Å². The van der Waals surface area contributed by atoms with E-state index in [1.54, 1.807) is 6.07 Å². The van der Waals surface area contributed by atoms with E-state index in [4.69, 9.17) is 0 Å². The van der Waals surface area contributed by atoms with Crippen molar-refractivity contribution in [3.05, 3.63) is 47.9 Å². The van der Waals surface area contributed by atoms with Crippen molar-refractivity contribution in [1.29, 1.82) is 0 Å². The van der Waals surface area contributed by atoms with Crippen LogP contribution in [0.3, 0.4) is 0 Å². The smallest absolute Gasteiger partial charge is 0.166 e. The fourth-order valence-corrected chi connectivity index (χ4v) is 2.12. The van der Waals surface area contributed by atoms with E-state index in [1.165, 1.54) is 5.69 Å². The molecule has 0 aliphatic heterocycles. The number of imidazole rings is 1. The number of aldehydes is 1. The van der Waals surface area contributed by atoms with Gasteiger partial charge < -0.3 is 4.57 Å². The molecule has 0 N–H and O–H groups in total. The molecule has 0 bridgehead atoms. The molecule has 0 amide bonds. The Morgan fingerprint density at radius 3 is 2.72 bits per heavy atom. The van der Waals surface area contributed by atoms with E-state index < -0.39 is 0 Å². The molecule has 3 aromatic rings. The summed E-state index contributed by atoms with van der Waals surface area (Å²) in [5, 5.41) is 0. The maximum absolute atomic E-state index is 11.0. The van der Waals surface area contributed by atoms with E-state index in [1.807, 2.05) is 35.8 Å². The molecule has 0 radical (unpaired) electrons. The predicted molar refractivity (Wildman–Crippen MR) is 69.7 cm³/mol. The molecule has 4 nitrogen and oxygen atoms in total. The highest BCUT2D eigenvalue weighted by Gasteiger charge is 2.10. The number of carbonyl (C=O) groups excluding carboxylic acids is 1. The first-order valence-corrected chi connectivity index (χ1v) is 5.76. The zero-order valence-corrected chi connectivity index (χ0v) is 10.3. The third kappa shape index (κ3) is 1.46. The fraction of sp³-hybridized carbons (Fsp3) is 0.143. The molecule has 0 aromatic carbocycles. The SMILES string of the molecule is Cc1ccc(-c2cn3c(C=O)cccc3n2)n1C. The van der Waals surface area contributed by atoms with Gasteiger partial charge in [-0.3, -0.25) is 9.20 Å². The van der Waals surface area contributed by atoms with Crippen LogP contribution in [0.1, 0.15) is 16.2 Å². The van der Waals surface area contributed by atoms with E-state index in [-0.39, 0.29) is 0 Å². The maximum atomic E-state index is 11.0. The van der Waals surface area contributed by atoms with Crippen LogP contribution in [-0.4, -0.2) is 20.2 Å². The Kier molecular flexibility index (Phi) is 2.30. The number of rotatable bonds is 2. The Hall–Kier alpha value is -2.36. The van der Waals surface area contributed by atoms with Crippen LogP contribution >= 0.6 is 0 Å². The number of hydrogen-bond acceptors (Lipinski definition) is 2. The van der Waals surface area contributed by atoms with Gasteiger partial charge in [-0.25, -0.2) is 4.98 Å². The molecule has 0 aliphatic rings. The van der Waals surface area contributed by atoms with Crippen LogP contribution < -0.4 is 0 Å². The van der Waals surface area contributed by atoms with Gasteiger partial charge in [0.2, 0.25) is 0 Å². The summed E-state index contributed by atoms with van der Waals surface area (Å²) in [6.45, 7) is 2.05. The number of aromatic nitrogens is 3. The van der Waals surface area contributed by atoms with Crippen molar-refractivity contribution in [3.8, 4) is 11.4 Å². The first-order chi connectivity index (χ1) is 8.70. The van der Waals surface area contributed by atoms with Gasteiger partial charge in [0.25, 0.3) is 0 Å². The molecular weight excluding hydrogens is 226 g/mol. The number of nitrogens with zero attached hydrogens (tertiary/aromatic N) is 3. The monoisotopic (exact) mass is 239 g/mol. The van der Waals surface area contributed by atoms with Crippen LogP contribution in [0.15, 0.2) is 36.5 Å². The number of fused-ring (bicyclic) bond motifs is 1. The van der Waals surface area contributed by atoms with Crippen molar-refractivity contribution in [1.82, 2.24) is 14.0 Å². The average Bonchev–Trinajstić information content (AvgIpc) is 2.94. The third-order valence-corrected chi connectivity index (χ3v) is 3.28. The van der Waals surface area contributed by atoms with Gasteiger partial charge in [-0.2, -0.15) is 0 Å². The lowest BCUT2D eigenvalue weighted by Crippen LogP contribution is -1.93. The average molecular weight is 239 g/mol. The van der Waals surface area contributed by atoms with Crippen LogP contribution in [-0.2, 0) is 7.05 Å². The Morgan fingerprint density at radius 1 is 1.22 bits per heavy atom. The molecule has 0 fully saturated rings. The second-order valence-electron chi connectivity index (χ2n) is 4.34. The Balaban J connectivity index is 2.25. The van der Waals surface area contributed by atoms with Crippen LogP contribution in [0.25, 0.3) is 17.0 Å². The second-order valence-corrected chi connectivity index (χ2v) is 4.34. The standard InChI is InChI=1S/C14H13N3O/c1-10-6-7-13(16(10)2)12-8-17-11(9-18)4-3-5-14(17)15-12/h3-9H,1-2H3. The summed E-state index contributed by atoms with van der Waals surface area (Å²) in [7, 11) is 2.01. The fourth-order valence-electron chi connectivity index (χ4n) is 2.12. The van der Waals surface area contributed by atoms with E-state index in [2.05, 4.69) is 22.5 Å². The summed E-state index contributed by atoms with van der Waals surface area (Å²) in [6.07, 6.45) is 2.74. The number of pyridine rings is 1. The van der Waals surface area contributed by atoms with Crippen LogP contribution in [0.5, 0.6) is 0 Å². The van der Waals surface area contributed by atoms with Gasteiger partial charge in [0.05, 0.1) is 11.4 Å². The highest BCUT2D eigenvalue weighted by Crippen LogP contribution is 2.21. The number of aryl methyl sites for hydroxylation is 1. The lowest BCUT2D eigenvalue weighted by atomic mass is 10.3. The number of carbonyl (C=O) groups is 1. The van der Waals surface area contributed by atoms with Crippen LogP contribution in [0, 0.1) is 6.92 Å². The molecule has 0 spiro atoms. The zero-order valence-electron chi connectivity index (χ0n) is 10.3. The van der Waals surface area contributed by atoms with Gasteiger partial charge in [-0.05, 0) is 31.2 Å². The Morgan fingerprint density at radius 2 is 2.06 bits per heavy atom. The molecule has 0 unspecified atom stereocenters. The molecule has 0 aliphatic carbocycles. The first kappa shape index (κ1) is 10.8. The molecule has 3 rings (SSSR count). The van der Waals surface area contributed by atoms with E-state index in [0.717, 1.165) is 23.3 Å². The molecule has 90 valence electrons. The first-order valence-electron chi connectivity index (χ1n) is 5.76. The van der Waals surface area contributed by atoms with Crippen LogP contribution in [0.2, 0.25) is 0 Å². The minimum atomic E-state index is 0.609. The molecule has 4 heteroatoms. The summed E-state index contributed by atoms with van der Waals surface area (Å²) in [4.78, 5) is 15.5. The Bertz CT molecular complexity index is 737. The van der Waals surface area contributed by atoms with Crippen molar-refractivity contribution < 1.29 is 4.79 Å². The normalized spacial score (nSPS) is 11.0. The van der Waals surface area contributed by atoms with Crippen molar-refractivity contribution >= 4 is 11.9 Å². The second kappa shape index (κ2) is 3.84. The predicted octanol–water partition coefficient (Wildman–Crippen LogP) is 2.46. The third-order valence-electron chi connectivity index (χ3n) is 3.28. The van der Waals surface area contributed by atoms with Gasteiger partial charge in [0.15, 0.2) is 6.29 Å². The minimum Gasteiger partial charge on any atom is -0.347 e. The maximum Gasteiger partial charge on any atom is 0.166 e. The highest BCUT2D eigenvalue weighted by molar-refractivity contribution is 5.75. The zero-order chi connectivity index (χ0) is 12.7. The minimum absolute atomic E-state index is 0.609. The summed E-state index contributed by atoms with van der Waals surface area (Å²) in [6, 6.07) is 9.61. The summed E-state index contributed by atoms with van der Waals surface area (Å²) >= 11 is 0. The van der Waals surface area contributed by atoms with Crippen molar-refractivity contribution in [2.24, 2.45) is 7.05 Å². The molecule has 0 saturated carbocycles. The van der Waals surface area contributed by atoms with Crippen LogP contribution in [0.4, 0.5) is 0 Å². The summed E-state index contributed by atoms with van der Waals surface area (Å²) in [5.41, 5.74) is 4.50. The molecule has 18 heavy (non-hydrogen) atoms. The molecule has 3 heterocycles. The highest BCUT2D eigenvalue weighted by atomic mass is 16.1. The van der Waals surface area contributed by atoms with Gasteiger partial charge in [0.1, 0.15) is 11.3 Å². The molecular formula is C14H13N3O. The van der Waals surface area contributed by atoms with Crippen molar-refractivity contribution in [2.75, 3.05) is 0 Å². The van der Waals surface area contributed by atoms with Gasteiger partial charge in [-0.1, -0.05) is 6.07 Å². The topological polar surface area (TPSA) is 39.3 Å². The lowest BCUT2D eigenvalue weighted by Gasteiger charge is -2.00. The van der Waals surface area contributed by atoms with Gasteiger partial charge in [0, 0.05) is 18.9 Å². The van der Waals surface area contributed by atoms with Gasteiger partial charge >= 0.3 is 0 Å². The van der Waals surface area contributed by atoms with E-state index in [9.17, 15) is 4.79 Å². The molecule has 0 atom stereocenters. The summed E-state index contributed by atoms with van der Waals surface area (Å²) in [5.74, 6) is 0. The van der Waals surface area contributed by atoms with Gasteiger partial charge in [-0.15, -0.1) is 0 Å². The molecule has 3 aromatic heterocycles. The Labute approximate surface area is 105 Å². The lowest BCUT2D eigenvalue weighted by molar-refractivity contribution is 0.111. The van der Waals surface area contributed by atoms with E-state index >= 15 is 0 Å². The number of hydrogen-bond donors (Lipinski definition) is 0. The summed E-state index contributed by atoms with van der Waals surface area (Å²) < 4.78 is 3.90. The van der Waals surface area contributed by atoms with Crippen molar-refractivity contribution in [2.45, 2.75) is 6.92 Å². The largest absolute Gasteiger partial charge is 0.347 e. The van der Waals surface area contributed by atoms with E-state index in [0.29, 0.717) is 5.69 Å². The quantitative estimate of drug-likeness (QED) is 0.644. The molecule has 0 saturated heterocycles.